The fourth-order valence-electron chi connectivity index (χ4n) is 2.56. The van der Waals surface area contributed by atoms with Crippen molar-refractivity contribution in [3.63, 3.8) is 0 Å². The number of aromatic nitrogens is 1. The third-order valence-corrected chi connectivity index (χ3v) is 5.44. The van der Waals surface area contributed by atoms with Gasteiger partial charge in [0.2, 0.25) is 0 Å². The van der Waals surface area contributed by atoms with Crippen molar-refractivity contribution in [3.8, 4) is 0 Å². The molecule has 0 N–H and O–H groups in total. The first-order valence-electron chi connectivity index (χ1n) is 7.75. The predicted octanol–water partition coefficient (Wildman–Crippen LogP) is 3.82. The summed E-state index contributed by atoms with van der Waals surface area (Å²) in [6.07, 6.45) is -0.260. The molecule has 3 heterocycles. The van der Waals surface area contributed by atoms with Gasteiger partial charge in [0.05, 0.1) is 5.02 Å². The number of nitrogens with zero attached hydrogens (tertiary/aromatic N) is 4. The number of anilines is 1. The van der Waals surface area contributed by atoms with Crippen molar-refractivity contribution in [1.82, 2.24) is 14.9 Å². The van der Waals surface area contributed by atoms with Crippen LogP contribution in [0.1, 0.15) is 26.3 Å². The average molecular weight is 391 g/mol. The summed E-state index contributed by atoms with van der Waals surface area (Å²) in [5.74, 6) is 1.64. The van der Waals surface area contributed by atoms with Crippen LogP contribution in [0.4, 0.5) is 10.6 Å². The number of fused-ring (bicyclic) bond motifs is 1. The maximum absolute atomic E-state index is 12.1. The second-order valence-electron chi connectivity index (χ2n) is 6.71. The Morgan fingerprint density at radius 3 is 2.54 bits per heavy atom. The molecule has 6 nitrogen and oxygen atoms in total. The Bertz CT molecular complexity index is 645. The van der Waals surface area contributed by atoms with Crippen LogP contribution >= 0.6 is 35.1 Å². The van der Waals surface area contributed by atoms with Crippen molar-refractivity contribution in [2.75, 3.05) is 30.6 Å². The molecule has 0 aliphatic carbocycles. The number of carbonyl (C=O) groups is 1. The Morgan fingerprint density at radius 1 is 1.25 bits per heavy atom. The molecule has 0 radical (unpaired) electrons. The van der Waals surface area contributed by atoms with Gasteiger partial charge in [-0.05, 0) is 38.8 Å². The van der Waals surface area contributed by atoms with Crippen LogP contribution in [-0.4, -0.2) is 52.8 Å². The van der Waals surface area contributed by atoms with E-state index in [1.54, 1.807) is 16.8 Å². The van der Waals surface area contributed by atoms with Gasteiger partial charge in [-0.25, -0.2) is 19.2 Å². The SMILES string of the molecule is CC(C)(C)OC(=O)N1CCN(N2SCc3cc(Cl)c(Cl)nc32)CC1. The molecule has 0 saturated carbocycles. The van der Waals surface area contributed by atoms with Gasteiger partial charge < -0.3 is 9.64 Å². The van der Waals surface area contributed by atoms with Crippen LogP contribution in [0.3, 0.4) is 0 Å². The van der Waals surface area contributed by atoms with Crippen LogP contribution in [0.2, 0.25) is 10.2 Å². The molecular formula is C15H20Cl2N4O2S. The van der Waals surface area contributed by atoms with E-state index in [-0.39, 0.29) is 6.09 Å². The molecule has 0 unspecified atom stereocenters. The summed E-state index contributed by atoms with van der Waals surface area (Å²) in [7, 11) is 0. The number of amides is 1. The molecule has 0 aromatic carbocycles. The lowest BCUT2D eigenvalue weighted by atomic mass is 10.2. The zero-order chi connectivity index (χ0) is 17.5. The monoisotopic (exact) mass is 390 g/mol. The van der Waals surface area contributed by atoms with Gasteiger partial charge in [0, 0.05) is 37.5 Å². The number of pyridine rings is 1. The smallest absolute Gasteiger partial charge is 0.410 e. The maximum atomic E-state index is 12.1. The van der Waals surface area contributed by atoms with E-state index in [0.717, 1.165) is 17.1 Å². The summed E-state index contributed by atoms with van der Waals surface area (Å²) in [5, 5.41) is 2.97. The molecule has 132 valence electrons. The molecule has 1 aromatic heterocycles. The molecule has 0 bridgehead atoms. The Balaban J connectivity index is 1.63. The second kappa shape index (κ2) is 6.78. The van der Waals surface area contributed by atoms with Crippen LogP contribution in [-0.2, 0) is 10.5 Å². The molecule has 1 saturated heterocycles. The molecule has 2 aliphatic rings. The van der Waals surface area contributed by atoms with Gasteiger partial charge in [-0.3, -0.25) is 0 Å². The fourth-order valence-corrected chi connectivity index (χ4v) is 3.95. The van der Waals surface area contributed by atoms with Gasteiger partial charge in [-0.15, -0.1) is 0 Å². The molecule has 0 atom stereocenters. The number of hydrazine groups is 1. The topological polar surface area (TPSA) is 48.9 Å². The lowest BCUT2D eigenvalue weighted by Gasteiger charge is -2.39. The van der Waals surface area contributed by atoms with E-state index in [1.165, 1.54) is 0 Å². The fraction of sp³-hybridized carbons (Fsp3) is 0.600. The first-order chi connectivity index (χ1) is 11.2. The number of ether oxygens (including phenoxy) is 1. The third-order valence-electron chi connectivity index (χ3n) is 3.68. The highest BCUT2D eigenvalue weighted by Gasteiger charge is 2.32. The minimum absolute atomic E-state index is 0.260. The van der Waals surface area contributed by atoms with Gasteiger partial charge in [0.25, 0.3) is 0 Å². The molecule has 24 heavy (non-hydrogen) atoms. The van der Waals surface area contributed by atoms with Gasteiger partial charge >= 0.3 is 6.09 Å². The van der Waals surface area contributed by atoms with E-state index in [4.69, 9.17) is 27.9 Å². The normalized spacial score (nSPS) is 18.7. The van der Waals surface area contributed by atoms with Crippen LogP contribution in [0.15, 0.2) is 6.07 Å². The minimum Gasteiger partial charge on any atom is -0.444 e. The third kappa shape index (κ3) is 3.85. The summed E-state index contributed by atoms with van der Waals surface area (Å²) in [6, 6.07) is 1.87. The van der Waals surface area contributed by atoms with Gasteiger partial charge in [0.15, 0.2) is 5.82 Å². The van der Waals surface area contributed by atoms with Crippen molar-refractivity contribution < 1.29 is 9.53 Å². The summed E-state index contributed by atoms with van der Waals surface area (Å²) in [6.45, 7) is 8.28. The molecule has 9 heteroatoms. The number of carbonyl (C=O) groups excluding carboxylic acids is 1. The molecule has 1 aromatic rings. The lowest BCUT2D eigenvalue weighted by molar-refractivity contribution is 0.0152. The largest absolute Gasteiger partial charge is 0.444 e. The number of halogens is 2. The number of hydrogen-bond acceptors (Lipinski definition) is 6. The predicted molar refractivity (Wildman–Crippen MR) is 97.4 cm³/mol. The Hall–Kier alpha value is -0.890. The zero-order valence-corrected chi connectivity index (χ0v) is 16.2. The van der Waals surface area contributed by atoms with Crippen LogP contribution in [0, 0.1) is 0 Å². The van der Waals surface area contributed by atoms with E-state index < -0.39 is 5.60 Å². The summed E-state index contributed by atoms with van der Waals surface area (Å²) < 4.78 is 7.49. The Kier molecular flexibility index (Phi) is 5.06. The Labute approximate surface area is 156 Å². The first kappa shape index (κ1) is 17.9. The zero-order valence-electron chi connectivity index (χ0n) is 13.9. The molecule has 3 rings (SSSR count). The van der Waals surface area contributed by atoms with Crippen molar-refractivity contribution in [2.24, 2.45) is 0 Å². The van der Waals surface area contributed by atoms with E-state index in [9.17, 15) is 4.79 Å². The summed E-state index contributed by atoms with van der Waals surface area (Å²) in [4.78, 5) is 18.3. The average Bonchev–Trinajstić information content (AvgIpc) is 2.89. The van der Waals surface area contributed by atoms with E-state index in [1.807, 2.05) is 26.8 Å². The van der Waals surface area contributed by atoms with E-state index in [0.29, 0.717) is 36.4 Å². The second-order valence-corrected chi connectivity index (χ2v) is 8.37. The molecule has 1 fully saturated rings. The molecule has 1 amide bonds. The number of rotatable bonds is 1. The molecular weight excluding hydrogens is 371 g/mol. The van der Waals surface area contributed by atoms with Crippen LogP contribution in [0.5, 0.6) is 0 Å². The minimum atomic E-state index is -0.474. The highest BCUT2D eigenvalue weighted by atomic mass is 35.5. The summed E-state index contributed by atoms with van der Waals surface area (Å²) >= 11 is 13.8. The number of piperazine rings is 1. The van der Waals surface area contributed by atoms with Crippen LogP contribution in [0.25, 0.3) is 0 Å². The lowest BCUT2D eigenvalue weighted by Crippen LogP contribution is -2.53. The molecule has 0 spiro atoms. The van der Waals surface area contributed by atoms with Gasteiger partial charge in [0.1, 0.15) is 10.8 Å². The Morgan fingerprint density at radius 2 is 1.92 bits per heavy atom. The molecule has 2 aliphatic heterocycles. The van der Waals surface area contributed by atoms with Crippen LogP contribution < -0.4 is 4.41 Å². The first-order valence-corrected chi connectivity index (χ1v) is 9.45. The van der Waals surface area contributed by atoms with Crippen molar-refractivity contribution >= 4 is 47.1 Å². The number of hydrogen-bond donors (Lipinski definition) is 0. The summed E-state index contributed by atoms with van der Waals surface area (Å²) in [5.41, 5.74) is 0.599. The standard InChI is InChI=1S/C15H20Cl2N4O2S/c1-15(2,3)23-14(22)19-4-6-20(7-5-19)21-13-10(9-24-21)8-11(16)12(17)18-13/h8H,4-7,9H2,1-3H3. The van der Waals surface area contributed by atoms with Crippen molar-refractivity contribution in [2.45, 2.75) is 32.1 Å². The van der Waals surface area contributed by atoms with Crippen molar-refractivity contribution in [1.29, 1.82) is 0 Å². The maximum Gasteiger partial charge on any atom is 0.410 e. The quantitative estimate of drug-likeness (QED) is 0.536. The van der Waals surface area contributed by atoms with Crippen molar-refractivity contribution in [3.05, 3.63) is 21.8 Å². The van der Waals surface area contributed by atoms with E-state index >= 15 is 0 Å². The highest BCUT2D eigenvalue weighted by Crippen LogP contribution is 2.40. The van der Waals surface area contributed by atoms with Gasteiger partial charge in [-0.1, -0.05) is 23.2 Å². The van der Waals surface area contributed by atoms with E-state index in [2.05, 4.69) is 14.4 Å². The highest BCUT2D eigenvalue weighted by molar-refractivity contribution is 8.00. The van der Waals surface area contributed by atoms with Gasteiger partial charge in [-0.2, -0.15) is 0 Å².